The summed E-state index contributed by atoms with van der Waals surface area (Å²) >= 11 is 1.83. The van der Waals surface area contributed by atoms with Crippen molar-refractivity contribution >= 4 is 27.2 Å². The van der Waals surface area contributed by atoms with Gasteiger partial charge in [-0.25, -0.2) is 14.5 Å². The number of fused-ring (bicyclic) bond motifs is 5. The van der Waals surface area contributed by atoms with E-state index in [-0.39, 0.29) is 0 Å². The molecule has 1 aliphatic carbocycles. The fourth-order valence-corrected chi connectivity index (χ4v) is 6.46. The predicted molar refractivity (Wildman–Crippen MR) is 134 cm³/mol. The molecule has 0 bridgehead atoms. The van der Waals surface area contributed by atoms with Gasteiger partial charge in [-0.1, -0.05) is 27.2 Å². The molecular formula is C26H30N6OS. The Kier molecular flexibility index (Phi) is 4.92. The van der Waals surface area contributed by atoms with E-state index in [0.717, 1.165) is 40.5 Å². The highest BCUT2D eigenvalue weighted by Gasteiger charge is 2.33. The van der Waals surface area contributed by atoms with Gasteiger partial charge in [0.1, 0.15) is 16.9 Å². The lowest BCUT2D eigenvalue weighted by atomic mass is 9.70. The monoisotopic (exact) mass is 474 g/mol. The summed E-state index contributed by atoms with van der Waals surface area (Å²) < 4.78 is 9.87. The third-order valence-electron chi connectivity index (χ3n) is 7.69. The number of hydrogen-bond acceptors (Lipinski definition) is 6. The first kappa shape index (κ1) is 21.5. The molecule has 34 heavy (non-hydrogen) atoms. The van der Waals surface area contributed by atoms with Crippen LogP contribution in [-0.2, 0) is 19.4 Å². The second-order valence-corrected chi connectivity index (χ2v) is 11.3. The molecule has 5 aromatic rings. The van der Waals surface area contributed by atoms with Gasteiger partial charge in [0.2, 0.25) is 5.82 Å². The van der Waals surface area contributed by atoms with E-state index < -0.39 is 0 Å². The van der Waals surface area contributed by atoms with Crippen molar-refractivity contribution in [1.82, 2.24) is 29.4 Å². The predicted octanol–water partition coefficient (Wildman–Crippen LogP) is 6.00. The normalized spacial score (nSPS) is 16.6. The topological polar surface area (TPSA) is 74.0 Å². The van der Waals surface area contributed by atoms with Crippen LogP contribution in [0.25, 0.3) is 27.4 Å². The first-order valence-electron chi connectivity index (χ1n) is 12.1. The van der Waals surface area contributed by atoms with Crippen LogP contribution >= 0.6 is 11.3 Å². The minimum Gasteiger partial charge on any atom is -0.456 e. The van der Waals surface area contributed by atoms with Crippen LogP contribution in [-0.4, -0.2) is 29.4 Å². The van der Waals surface area contributed by atoms with Gasteiger partial charge in [0.15, 0.2) is 11.4 Å². The quantitative estimate of drug-likeness (QED) is 0.312. The fraction of sp³-hybridized carbons (Fsp3) is 0.462. The van der Waals surface area contributed by atoms with Crippen LogP contribution in [0, 0.1) is 25.2 Å². The lowest BCUT2D eigenvalue weighted by Crippen LogP contribution is -2.28. The van der Waals surface area contributed by atoms with Crippen molar-refractivity contribution in [2.75, 3.05) is 0 Å². The van der Waals surface area contributed by atoms with Gasteiger partial charge in [-0.05, 0) is 68.2 Å². The van der Waals surface area contributed by atoms with E-state index in [1.165, 1.54) is 28.7 Å². The van der Waals surface area contributed by atoms with Crippen LogP contribution in [0.5, 0.6) is 0 Å². The highest BCUT2D eigenvalue weighted by molar-refractivity contribution is 7.19. The number of aromatic nitrogens is 6. The van der Waals surface area contributed by atoms with Crippen LogP contribution in [0.4, 0.5) is 0 Å². The zero-order valence-corrected chi connectivity index (χ0v) is 21.2. The molecule has 6 rings (SSSR count). The molecule has 0 amide bonds. The molecule has 5 heterocycles. The Bertz CT molecular complexity index is 1520. The van der Waals surface area contributed by atoms with Crippen molar-refractivity contribution in [3.63, 3.8) is 0 Å². The Labute approximate surface area is 202 Å². The average molecular weight is 475 g/mol. The third-order valence-corrected chi connectivity index (χ3v) is 8.86. The zero-order chi connectivity index (χ0) is 23.6. The van der Waals surface area contributed by atoms with E-state index in [9.17, 15) is 0 Å². The van der Waals surface area contributed by atoms with Crippen molar-refractivity contribution in [3.05, 3.63) is 52.1 Å². The third kappa shape index (κ3) is 3.47. The minimum atomic E-state index is 0.364. The van der Waals surface area contributed by atoms with E-state index >= 15 is 0 Å². The number of aryl methyl sites for hydroxylation is 3. The smallest absolute Gasteiger partial charge is 0.217 e. The summed E-state index contributed by atoms with van der Waals surface area (Å²) in [5.74, 6) is 2.81. The van der Waals surface area contributed by atoms with E-state index in [4.69, 9.17) is 19.5 Å². The molecule has 0 unspecified atom stereocenters. The van der Waals surface area contributed by atoms with Gasteiger partial charge in [-0.2, -0.15) is 5.10 Å². The van der Waals surface area contributed by atoms with Crippen LogP contribution < -0.4 is 0 Å². The molecule has 5 aromatic heterocycles. The van der Waals surface area contributed by atoms with Crippen molar-refractivity contribution < 1.29 is 4.42 Å². The van der Waals surface area contributed by atoms with Gasteiger partial charge in [-0.3, -0.25) is 4.68 Å². The molecule has 0 aromatic carbocycles. The second kappa shape index (κ2) is 7.77. The maximum Gasteiger partial charge on any atom is 0.217 e. The van der Waals surface area contributed by atoms with Gasteiger partial charge in [0.25, 0.3) is 0 Å². The average Bonchev–Trinajstić information content (AvgIpc) is 3.57. The Morgan fingerprint density at radius 1 is 1.21 bits per heavy atom. The summed E-state index contributed by atoms with van der Waals surface area (Å²) in [6.45, 7) is 11.8. The highest BCUT2D eigenvalue weighted by atomic mass is 32.1. The number of rotatable bonds is 5. The fourth-order valence-electron chi connectivity index (χ4n) is 5.20. The minimum absolute atomic E-state index is 0.364. The lowest BCUT2D eigenvalue weighted by molar-refractivity contribution is 0.184. The van der Waals surface area contributed by atoms with Crippen LogP contribution in [0.2, 0.25) is 0 Å². The molecule has 0 radical (unpaired) electrons. The molecule has 7 nitrogen and oxygen atoms in total. The van der Waals surface area contributed by atoms with Crippen LogP contribution in [0.15, 0.2) is 28.9 Å². The zero-order valence-electron chi connectivity index (χ0n) is 20.4. The second-order valence-electron chi connectivity index (χ2n) is 10.3. The van der Waals surface area contributed by atoms with Crippen molar-refractivity contribution in [3.8, 4) is 11.6 Å². The number of nitrogens with zero attached hydrogens (tertiary/aromatic N) is 6. The Hall–Kier alpha value is -3.00. The largest absolute Gasteiger partial charge is 0.456 e. The summed E-state index contributed by atoms with van der Waals surface area (Å²) in [4.78, 5) is 12.2. The molecule has 0 aliphatic heterocycles. The van der Waals surface area contributed by atoms with E-state index in [1.54, 1.807) is 10.8 Å². The molecule has 8 heteroatoms. The van der Waals surface area contributed by atoms with Gasteiger partial charge in [0, 0.05) is 10.6 Å². The summed E-state index contributed by atoms with van der Waals surface area (Å²) in [6.07, 6.45) is 6.43. The maximum absolute atomic E-state index is 6.12. The molecule has 0 saturated heterocycles. The van der Waals surface area contributed by atoms with Crippen LogP contribution in [0.3, 0.4) is 0 Å². The van der Waals surface area contributed by atoms with Gasteiger partial charge >= 0.3 is 0 Å². The summed E-state index contributed by atoms with van der Waals surface area (Å²) in [7, 11) is 0. The van der Waals surface area contributed by atoms with Crippen molar-refractivity contribution in [1.29, 1.82) is 0 Å². The molecule has 0 N–H and O–H groups in total. The molecule has 0 spiro atoms. The van der Waals surface area contributed by atoms with Gasteiger partial charge in [0.05, 0.1) is 17.6 Å². The van der Waals surface area contributed by atoms with Gasteiger partial charge < -0.3 is 4.42 Å². The Morgan fingerprint density at radius 3 is 2.82 bits per heavy atom. The molecule has 176 valence electrons. The Morgan fingerprint density at radius 2 is 2.06 bits per heavy atom. The summed E-state index contributed by atoms with van der Waals surface area (Å²) in [5, 5.41) is 10.4. The van der Waals surface area contributed by atoms with Crippen LogP contribution in [0.1, 0.15) is 61.2 Å². The standard InChI is InChI=1S/C26H30N6OS/c1-6-26(4,5)17-7-9-19-21(12-17)34-25-22(19)24-28-23(30-32(24)14-27-25)20-10-8-18(33-20)13-31-16(3)11-15(2)29-31/h8,10-11,14,17H,6-7,9,12-13H2,1-5H3/t17-/m0/s1. The van der Waals surface area contributed by atoms with E-state index in [2.05, 4.69) is 38.9 Å². The number of hydrogen-bond donors (Lipinski definition) is 0. The molecule has 0 saturated carbocycles. The van der Waals surface area contributed by atoms with Crippen molar-refractivity contribution in [2.24, 2.45) is 11.3 Å². The number of furan rings is 1. The first-order valence-corrected chi connectivity index (χ1v) is 12.9. The molecular weight excluding hydrogens is 444 g/mol. The van der Waals surface area contributed by atoms with Crippen molar-refractivity contribution in [2.45, 2.75) is 66.8 Å². The van der Waals surface area contributed by atoms with E-state index in [0.29, 0.717) is 29.5 Å². The van der Waals surface area contributed by atoms with E-state index in [1.807, 2.05) is 35.1 Å². The Balaban J connectivity index is 1.35. The molecule has 0 fully saturated rings. The SMILES string of the molecule is CCC(C)(C)[C@H]1CCc2c(sc3ncn4nc(-c5ccc(Cn6nc(C)cc6C)o5)nc4c23)C1. The number of thiophene rings is 1. The highest BCUT2D eigenvalue weighted by Crippen LogP contribution is 2.45. The maximum atomic E-state index is 6.12. The first-order chi connectivity index (χ1) is 16.3. The summed E-state index contributed by atoms with van der Waals surface area (Å²) in [5.41, 5.74) is 4.78. The summed E-state index contributed by atoms with van der Waals surface area (Å²) in [6, 6.07) is 5.99. The molecule has 1 atom stereocenters. The van der Waals surface area contributed by atoms with Gasteiger partial charge in [-0.15, -0.1) is 16.4 Å². The lowest BCUT2D eigenvalue weighted by Gasteiger charge is -2.36. The molecule has 1 aliphatic rings.